The zero-order chi connectivity index (χ0) is 24.2. The molecule has 0 unspecified atom stereocenters. The summed E-state index contributed by atoms with van der Waals surface area (Å²) < 4.78 is 11.4. The Labute approximate surface area is 208 Å². The first-order valence-electron chi connectivity index (χ1n) is 13.4. The number of piperidine rings is 1. The van der Waals surface area contributed by atoms with Gasteiger partial charge in [-0.15, -0.1) is 0 Å². The van der Waals surface area contributed by atoms with Gasteiger partial charge in [0.25, 0.3) is 0 Å². The molecule has 2 aliphatic heterocycles. The van der Waals surface area contributed by atoms with E-state index in [0.717, 1.165) is 73.0 Å². The number of benzene rings is 1. The van der Waals surface area contributed by atoms with Gasteiger partial charge in [0.2, 0.25) is 0 Å². The molecule has 7 nitrogen and oxygen atoms in total. The molecule has 2 fully saturated rings. The number of hydrogen-bond acceptors (Lipinski definition) is 6. The van der Waals surface area contributed by atoms with Crippen molar-refractivity contribution < 1.29 is 19.4 Å². The van der Waals surface area contributed by atoms with E-state index in [0.29, 0.717) is 13.2 Å². The van der Waals surface area contributed by atoms with Gasteiger partial charge in [0.15, 0.2) is 5.75 Å². The number of fused-ring (bicyclic) bond motifs is 3. The number of aliphatic carboxylic acids is 1. The van der Waals surface area contributed by atoms with Crippen molar-refractivity contribution in [2.75, 3.05) is 51.3 Å². The number of ether oxygens (including phenoxy) is 2. The second kappa shape index (κ2) is 11.0. The molecule has 0 amide bonds. The second-order valence-corrected chi connectivity index (χ2v) is 10.6. The molecule has 1 aromatic heterocycles. The Bertz CT molecular complexity index is 1020. The van der Waals surface area contributed by atoms with Crippen LogP contribution >= 0.6 is 0 Å². The Morgan fingerprint density at radius 1 is 1.14 bits per heavy atom. The second-order valence-electron chi connectivity index (χ2n) is 10.6. The van der Waals surface area contributed by atoms with Crippen molar-refractivity contribution in [1.82, 2.24) is 9.88 Å². The normalized spacial score (nSPS) is 23.6. The summed E-state index contributed by atoms with van der Waals surface area (Å²) >= 11 is 0. The fourth-order valence-corrected chi connectivity index (χ4v) is 6.36. The van der Waals surface area contributed by atoms with Crippen LogP contribution < -0.4 is 14.4 Å². The van der Waals surface area contributed by atoms with Crippen LogP contribution in [-0.2, 0) is 4.79 Å². The van der Waals surface area contributed by atoms with Crippen LogP contribution in [0.5, 0.6) is 11.5 Å². The summed E-state index contributed by atoms with van der Waals surface area (Å²) in [5.74, 6) is 1.71. The highest BCUT2D eigenvalue weighted by Crippen LogP contribution is 2.39. The van der Waals surface area contributed by atoms with Crippen LogP contribution in [0.25, 0.3) is 10.9 Å². The summed E-state index contributed by atoms with van der Waals surface area (Å²) in [6.07, 6.45) is 11.7. The lowest BCUT2D eigenvalue weighted by atomic mass is 9.82. The quantitative estimate of drug-likeness (QED) is 0.579. The van der Waals surface area contributed by atoms with Gasteiger partial charge in [-0.25, -0.2) is 0 Å². The minimum atomic E-state index is -0.640. The van der Waals surface area contributed by atoms with Gasteiger partial charge in [0.05, 0.1) is 37.0 Å². The monoisotopic (exact) mass is 481 g/mol. The number of anilines is 1. The lowest BCUT2D eigenvalue weighted by Gasteiger charge is -2.39. The van der Waals surface area contributed by atoms with Gasteiger partial charge in [0.1, 0.15) is 12.4 Å². The predicted molar refractivity (Wildman–Crippen MR) is 137 cm³/mol. The minimum Gasteiger partial charge on any atom is -0.497 e. The lowest BCUT2D eigenvalue weighted by Crippen LogP contribution is -2.45. The van der Waals surface area contributed by atoms with Crippen molar-refractivity contribution >= 4 is 22.6 Å². The maximum absolute atomic E-state index is 12.2. The number of nitrogens with zero attached hydrogens (tertiary/aromatic N) is 3. The van der Waals surface area contributed by atoms with Crippen LogP contribution in [0.4, 0.5) is 5.69 Å². The maximum atomic E-state index is 12.2. The van der Waals surface area contributed by atoms with Crippen molar-refractivity contribution in [1.29, 1.82) is 0 Å². The molecule has 2 atom stereocenters. The molecule has 190 valence electrons. The molecule has 3 aliphatic rings. The van der Waals surface area contributed by atoms with Crippen LogP contribution in [-0.4, -0.2) is 67.4 Å². The van der Waals surface area contributed by atoms with Crippen molar-refractivity contribution in [2.24, 2.45) is 17.8 Å². The van der Waals surface area contributed by atoms with Crippen molar-refractivity contribution in [3.05, 3.63) is 24.4 Å². The third-order valence-corrected chi connectivity index (χ3v) is 8.45. The molecular formula is C28H39N3O4. The topological polar surface area (TPSA) is 75.1 Å². The molecule has 1 saturated carbocycles. The van der Waals surface area contributed by atoms with Crippen LogP contribution in [0.1, 0.15) is 51.4 Å². The van der Waals surface area contributed by atoms with Gasteiger partial charge in [-0.1, -0.05) is 32.1 Å². The van der Waals surface area contributed by atoms with Gasteiger partial charge >= 0.3 is 5.97 Å². The molecule has 1 saturated heterocycles. The Morgan fingerprint density at radius 2 is 2.00 bits per heavy atom. The number of methoxy groups -OCH3 is 1. The summed E-state index contributed by atoms with van der Waals surface area (Å²) in [5, 5.41) is 11.1. The summed E-state index contributed by atoms with van der Waals surface area (Å²) in [7, 11) is 1.67. The molecule has 0 bridgehead atoms. The third kappa shape index (κ3) is 5.50. The van der Waals surface area contributed by atoms with Gasteiger partial charge in [-0.2, -0.15) is 0 Å². The SMILES string of the molecule is COc1ccc2ncc3c(c2c1)N(CC[C@H]1CCN(CCC2CCCCC2)C[C@H]1C(=O)O)CCO3. The van der Waals surface area contributed by atoms with Crippen molar-refractivity contribution in [3.8, 4) is 11.5 Å². The van der Waals surface area contributed by atoms with Crippen molar-refractivity contribution in [3.63, 3.8) is 0 Å². The average Bonchev–Trinajstić information content (AvgIpc) is 2.90. The molecule has 5 rings (SSSR count). The first-order chi connectivity index (χ1) is 17.1. The fraction of sp³-hybridized carbons (Fsp3) is 0.643. The van der Waals surface area contributed by atoms with E-state index < -0.39 is 5.97 Å². The van der Waals surface area contributed by atoms with Gasteiger partial charge in [-0.3, -0.25) is 9.78 Å². The van der Waals surface area contributed by atoms with E-state index in [9.17, 15) is 9.90 Å². The summed E-state index contributed by atoms with van der Waals surface area (Å²) in [6.45, 7) is 5.00. The zero-order valence-corrected chi connectivity index (χ0v) is 21.0. The average molecular weight is 482 g/mol. The number of likely N-dealkylation sites (tertiary alicyclic amines) is 1. The first-order valence-corrected chi connectivity index (χ1v) is 13.4. The molecular weight excluding hydrogens is 442 g/mol. The summed E-state index contributed by atoms with van der Waals surface area (Å²) in [6, 6.07) is 5.92. The zero-order valence-electron chi connectivity index (χ0n) is 21.0. The molecule has 3 heterocycles. The van der Waals surface area contributed by atoms with E-state index in [-0.39, 0.29) is 11.8 Å². The van der Waals surface area contributed by atoms with Crippen molar-refractivity contribution in [2.45, 2.75) is 51.4 Å². The van der Waals surface area contributed by atoms with E-state index in [1.165, 1.54) is 38.5 Å². The van der Waals surface area contributed by atoms with Crippen LogP contribution in [0, 0.1) is 17.8 Å². The molecule has 7 heteroatoms. The Hall–Kier alpha value is -2.54. The Morgan fingerprint density at radius 3 is 2.80 bits per heavy atom. The molecule has 1 N–H and O–H groups in total. The number of carboxylic acid groups (broad SMARTS) is 1. The minimum absolute atomic E-state index is 0.201. The number of pyridine rings is 1. The van der Waals surface area contributed by atoms with Gasteiger partial charge < -0.3 is 24.4 Å². The smallest absolute Gasteiger partial charge is 0.308 e. The fourth-order valence-electron chi connectivity index (χ4n) is 6.36. The first kappa shape index (κ1) is 24.2. The molecule has 0 spiro atoms. The van der Waals surface area contributed by atoms with Crippen LogP contribution in [0.15, 0.2) is 24.4 Å². The van der Waals surface area contributed by atoms with E-state index in [2.05, 4.69) is 14.8 Å². The largest absolute Gasteiger partial charge is 0.497 e. The summed E-state index contributed by atoms with van der Waals surface area (Å²) in [4.78, 5) is 21.6. The highest BCUT2D eigenvalue weighted by molar-refractivity contribution is 5.96. The third-order valence-electron chi connectivity index (χ3n) is 8.45. The molecule has 0 radical (unpaired) electrons. The highest BCUT2D eigenvalue weighted by atomic mass is 16.5. The number of aromatic nitrogens is 1. The van der Waals surface area contributed by atoms with E-state index in [1.54, 1.807) is 13.3 Å². The Balaban J connectivity index is 1.24. The van der Waals surface area contributed by atoms with Crippen LogP contribution in [0.3, 0.4) is 0 Å². The molecule has 1 aromatic carbocycles. The number of rotatable bonds is 8. The van der Waals surface area contributed by atoms with E-state index in [1.807, 2.05) is 18.2 Å². The highest BCUT2D eigenvalue weighted by Gasteiger charge is 2.35. The number of carboxylic acids is 1. The molecule has 2 aromatic rings. The van der Waals surface area contributed by atoms with E-state index >= 15 is 0 Å². The predicted octanol–water partition coefficient (Wildman–Crippen LogP) is 4.83. The van der Waals surface area contributed by atoms with E-state index in [4.69, 9.17) is 9.47 Å². The standard InChI is InChI=1S/C28H39N3O4/c1-34-22-7-8-25-23(17-22)27-26(18-29-25)35-16-15-31(27)14-11-21-10-13-30(19-24(21)28(32)33)12-9-20-5-3-2-4-6-20/h7-8,17-18,20-21,24H,2-6,9-16,19H2,1H3,(H,32,33)/t21-,24-/m1/s1. The molecule has 35 heavy (non-hydrogen) atoms. The van der Waals surface area contributed by atoms with Gasteiger partial charge in [-0.05, 0) is 62.4 Å². The number of carbonyl (C=O) groups is 1. The Kier molecular flexibility index (Phi) is 7.61. The lowest BCUT2D eigenvalue weighted by molar-refractivity contribution is -0.146. The summed E-state index contributed by atoms with van der Waals surface area (Å²) in [5.41, 5.74) is 1.96. The van der Waals surface area contributed by atoms with Crippen LogP contribution in [0.2, 0.25) is 0 Å². The maximum Gasteiger partial charge on any atom is 0.308 e. The number of hydrogen-bond donors (Lipinski definition) is 1. The van der Waals surface area contributed by atoms with Gasteiger partial charge in [0, 0.05) is 18.5 Å². The molecule has 1 aliphatic carbocycles.